The molecular formula is C8H10O5S2. The minimum absolute atomic E-state index is 0.138. The molecule has 0 saturated heterocycles. The van der Waals surface area contributed by atoms with Gasteiger partial charge in [-0.3, -0.25) is 0 Å². The van der Waals surface area contributed by atoms with Gasteiger partial charge in [-0.15, -0.1) is 24.7 Å². The third kappa shape index (κ3) is 5.67. The predicted molar refractivity (Wildman–Crippen MR) is 57.1 cm³/mol. The molecule has 4 atom stereocenters. The number of hydrogen-bond acceptors (Lipinski definition) is 3. The van der Waals surface area contributed by atoms with Crippen molar-refractivity contribution in [1.29, 1.82) is 0 Å². The Morgan fingerprint density at radius 2 is 1.40 bits per heavy atom. The second-order valence-electron chi connectivity index (χ2n) is 2.36. The van der Waals surface area contributed by atoms with E-state index in [1.165, 1.54) is 0 Å². The molecule has 0 heterocycles. The lowest BCUT2D eigenvalue weighted by atomic mass is 10.4. The van der Waals surface area contributed by atoms with Crippen molar-refractivity contribution in [1.82, 2.24) is 0 Å². The van der Waals surface area contributed by atoms with Crippen molar-refractivity contribution in [2.24, 2.45) is 0 Å². The van der Waals surface area contributed by atoms with Crippen LogP contribution in [0.4, 0.5) is 0 Å². The molecule has 0 fully saturated rings. The summed E-state index contributed by atoms with van der Waals surface area (Å²) < 4.78 is 43.8. The van der Waals surface area contributed by atoms with E-state index in [0.29, 0.717) is 0 Å². The molecule has 0 bridgehead atoms. The highest BCUT2D eigenvalue weighted by Gasteiger charge is 2.23. The second-order valence-corrected chi connectivity index (χ2v) is 4.52. The van der Waals surface area contributed by atoms with Gasteiger partial charge in [-0.05, 0) is 0 Å². The highest BCUT2D eigenvalue weighted by molar-refractivity contribution is 7.80. The minimum atomic E-state index is -2.32. The molecule has 0 aromatic heterocycles. The largest absolute Gasteiger partial charge is 0.341 e. The van der Waals surface area contributed by atoms with Crippen molar-refractivity contribution >= 4 is 22.2 Å². The van der Waals surface area contributed by atoms with E-state index >= 15 is 0 Å². The van der Waals surface area contributed by atoms with Crippen molar-refractivity contribution < 1.29 is 22.3 Å². The molecule has 5 nitrogen and oxygen atoms in total. The summed E-state index contributed by atoms with van der Waals surface area (Å²) in [6.45, 7) is 0. The maximum absolute atomic E-state index is 10.7. The fourth-order valence-electron chi connectivity index (χ4n) is 0.696. The maximum Gasteiger partial charge on any atom is 0.183 e. The Labute approximate surface area is 93.2 Å². The first-order valence-electron chi connectivity index (χ1n) is 3.74. The zero-order valence-corrected chi connectivity index (χ0v) is 9.29. The monoisotopic (exact) mass is 250 g/mol. The summed E-state index contributed by atoms with van der Waals surface area (Å²) in [7, 11) is 0. The van der Waals surface area contributed by atoms with E-state index in [9.17, 15) is 8.42 Å². The molecule has 0 rings (SSSR count). The van der Waals surface area contributed by atoms with Crippen LogP contribution in [0.25, 0.3) is 0 Å². The number of terminal acetylenes is 2. The second kappa shape index (κ2) is 7.57. The molecule has 84 valence electrons. The third-order valence-corrected chi connectivity index (χ3v) is 2.78. The van der Waals surface area contributed by atoms with Gasteiger partial charge in [0.25, 0.3) is 0 Å². The number of ether oxygens (including phenoxy) is 1. The van der Waals surface area contributed by atoms with Gasteiger partial charge in [0.05, 0.1) is 0 Å². The first-order chi connectivity index (χ1) is 7.02. The van der Waals surface area contributed by atoms with Crippen LogP contribution in [0.15, 0.2) is 0 Å². The summed E-state index contributed by atoms with van der Waals surface area (Å²) in [5, 5.41) is 0. The number of rotatable bonds is 6. The van der Waals surface area contributed by atoms with Crippen LogP contribution in [0.3, 0.4) is 0 Å². The van der Waals surface area contributed by atoms with Gasteiger partial charge in [0.15, 0.2) is 33.0 Å². The highest BCUT2D eigenvalue weighted by atomic mass is 32.2. The summed E-state index contributed by atoms with van der Waals surface area (Å²) in [6, 6.07) is 0. The molecule has 15 heavy (non-hydrogen) atoms. The average molecular weight is 250 g/mol. The van der Waals surface area contributed by atoms with Crippen LogP contribution >= 0.6 is 0 Å². The summed E-state index contributed by atoms with van der Waals surface area (Å²) in [6.07, 6.45) is 9.60. The van der Waals surface area contributed by atoms with E-state index in [2.05, 4.69) is 11.8 Å². The molecule has 0 spiro atoms. The summed E-state index contributed by atoms with van der Waals surface area (Å²) in [5.74, 6) is 4.25. The van der Waals surface area contributed by atoms with E-state index in [-0.39, 0.29) is 12.8 Å². The first-order valence-corrected chi connectivity index (χ1v) is 6.08. The zero-order valence-electron chi connectivity index (χ0n) is 7.66. The van der Waals surface area contributed by atoms with Gasteiger partial charge < -0.3 is 13.8 Å². The molecule has 0 aliphatic heterocycles. The molecule has 0 aromatic rings. The van der Waals surface area contributed by atoms with Crippen LogP contribution in [-0.4, -0.2) is 28.4 Å². The Hall–Kier alpha value is -0.700. The van der Waals surface area contributed by atoms with Crippen LogP contribution in [0, 0.1) is 24.7 Å². The van der Waals surface area contributed by atoms with Crippen LogP contribution in [-0.2, 0) is 26.9 Å². The van der Waals surface area contributed by atoms with E-state index in [1.807, 2.05) is 0 Å². The molecule has 4 unspecified atom stereocenters. The van der Waals surface area contributed by atoms with Crippen LogP contribution < -0.4 is 0 Å². The molecule has 2 N–H and O–H groups in total. The van der Waals surface area contributed by atoms with E-state index in [4.69, 9.17) is 26.7 Å². The van der Waals surface area contributed by atoms with Crippen molar-refractivity contribution in [2.45, 2.75) is 23.7 Å². The minimum Gasteiger partial charge on any atom is -0.341 e. The van der Waals surface area contributed by atoms with E-state index in [0.717, 1.165) is 0 Å². The SMILES string of the molecule is C#CCC(OC(CC#C)S(=O)O)S(=O)O. The van der Waals surface area contributed by atoms with E-state index in [1.54, 1.807) is 0 Å². The fourth-order valence-corrected chi connectivity index (χ4v) is 1.70. The molecule has 0 amide bonds. The first kappa shape index (κ1) is 14.3. The Kier molecular flexibility index (Phi) is 7.22. The molecule has 0 aromatic carbocycles. The Morgan fingerprint density at radius 3 is 1.60 bits per heavy atom. The van der Waals surface area contributed by atoms with Gasteiger partial charge in [-0.25, -0.2) is 8.42 Å². The summed E-state index contributed by atoms with van der Waals surface area (Å²) >= 11 is -4.65. The van der Waals surface area contributed by atoms with Crippen LogP contribution in [0.1, 0.15) is 12.8 Å². The summed E-state index contributed by atoms with van der Waals surface area (Å²) in [5.41, 5.74) is -2.41. The Bertz CT molecular complexity index is 295. The fraction of sp³-hybridized carbons (Fsp3) is 0.500. The smallest absolute Gasteiger partial charge is 0.183 e. The predicted octanol–water partition coefficient (Wildman–Crippen LogP) is 0.145. The Balaban J connectivity index is 4.49. The van der Waals surface area contributed by atoms with Gasteiger partial charge in [0, 0.05) is 12.8 Å². The van der Waals surface area contributed by atoms with Gasteiger partial charge in [-0.1, -0.05) is 0 Å². The molecular weight excluding hydrogens is 240 g/mol. The van der Waals surface area contributed by atoms with Crippen molar-refractivity contribution in [3.63, 3.8) is 0 Å². The highest BCUT2D eigenvalue weighted by Crippen LogP contribution is 2.10. The van der Waals surface area contributed by atoms with Crippen LogP contribution in [0.2, 0.25) is 0 Å². The average Bonchev–Trinajstić information content (AvgIpc) is 2.15. The maximum atomic E-state index is 10.7. The van der Waals surface area contributed by atoms with Crippen molar-refractivity contribution in [3.8, 4) is 24.7 Å². The Morgan fingerprint density at radius 1 is 1.07 bits per heavy atom. The molecule has 0 saturated carbocycles. The lowest BCUT2D eigenvalue weighted by molar-refractivity contribution is 0.0823. The molecule has 7 heteroatoms. The lowest BCUT2D eigenvalue weighted by Gasteiger charge is -2.16. The van der Waals surface area contributed by atoms with Crippen molar-refractivity contribution in [3.05, 3.63) is 0 Å². The normalized spacial score (nSPS) is 18.1. The molecule has 0 aliphatic rings. The van der Waals surface area contributed by atoms with Gasteiger partial charge in [0.1, 0.15) is 0 Å². The topological polar surface area (TPSA) is 83.8 Å². The summed E-state index contributed by atoms with van der Waals surface area (Å²) in [4.78, 5) is 0. The van der Waals surface area contributed by atoms with Crippen LogP contribution in [0.5, 0.6) is 0 Å². The number of hydrogen-bond donors (Lipinski definition) is 2. The zero-order chi connectivity index (χ0) is 11.8. The van der Waals surface area contributed by atoms with E-state index < -0.39 is 33.0 Å². The van der Waals surface area contributed by atoms with Gasteiger partial charge >= 0.3 is 0 Å². The van der Waals surface area contributed by atoms with Gasteiger partial charge in [0.2, 0.25) is 0 Å². The van der Waals surface area contributed by atoms with Gasteiger partial charge in [-0.2, -0.15) is 0 Å². The third-order valence-electron chi connectivity index (χ3n) is 1.32. The lowest BCUT2D eigenvalue weighted by Crippen LogP contribution is -2.28. The van der Waals surface area contributed by atoms with Crippen molar-refractivity contribution in [2.75, 3.05) is 0 Å². The molecule has 0 aliphatic carbocycles. The quantitative estimate of drug-likeness (QED) is 0.517. The molecule has 0 radical (unpaired) electrons. The standard InChI is InChI=1S/C8H10O5S2/c1-3-5-7(14(9)10)13-8(6-4-2)15(11)12/h1-2,7-8H,5-6H2,(H,9,10)(H,11,12).